The summed E-state index contributed by atoms with van der Waals surface area (Å²) in [6.07, 6.45) is 2.95. The van der Waals surface area contributed by atoms with Crippen molar-refractivity contribution in [3.63, 3.8) is 0 Å². The van der Waals surface area contributed by atoms with E-state index in [1.54, 1.807) is 30.6 Å². The fraction of sp³-hybridized carbons (Fsp3) is 0.281. The monoisotopic (exact) mass is 618 g/mol. The molecule has 0 radical (unpaired) electrons. The minimum absolute atomic E-state index is 0.171. The van der Waals surface area contributed by atoms with Crippen LogP contribution in [0.15, 0.2) is 87.6 Å². The molecule has 5 rings (SSSR count). The molecule has 2 heterocycles. The summed E-state index contributed by atoms with van der Waals surface area (Å²) in [5.41, 5.74) is 2.84. The van der Waals surface area contributed by atoms with Gasteiger partial charge in [-0.1, -0.05) is 43.0 Å². The Morgan fingerprint density at radius 1 is 1.07 bits per heavy atom. The molecule has 0 saturated heterocycles. The quantitative estimate of drug-likeness (QED) is 0.125. The van der Waals surface area contributed by atoms with Gasteiger partial charge >= 0.3 is 0 Å². The van der Waals surface area contributed by atoms with Crippen LogP contribution >= 0.6 is 34.9 Å². The van der Waals surface area contributed by atoms with Crippen LogP contribution in [0.4, 0.5) is 5.69 Å². The van der Waals surface area contributed by atoms with Crippen molar-refractivity contribution in [2.24, 2.45) is 0 Å². The number of fused-ring (bicyclic) bond motifs is 2. The van der Waals surface area contributed by atoms with Gasteiger partial charge in [-0.05, 0) is 67.7 Å². The van der Waals surface area contributed by atoms with Gasteiger partial charge in [-0.3, -0.25) is 9.59 Å². The molecule has 2 amide bonds. The Morgan fingerprint density at radius 2 is 1.90 bits per heavy atom. The van der Waals surface area contributed by atoms with Gasteiger partial charge in [-0.25, -0.2) is 4.98 Å². The molecular weight excluding hydrogens is 585 g/mol. The average molecular weight is 619 g/mol. The van der Waals surface area contributed by atoms with Crippen LogP contribution in [0.1, 0.15) is 38.9 Å². The molecule has 42 heavy (non-hydrogen) atoms. The maximum absolute atomic E-state index is 13.0. The number of methoxy groups -OCH3 is 1. The Labute approximate surface area is 259 Å². The largest absolute Gasteiger partial charge is 0.383 e. The molecule has 0 aliphatic carbocycles. The van der Waals surface area contributed by atoms with Crippen molar-refractivity contribution in [3.05, 3.63) is 88.9 Å². The van der Waals surface area contributed by atoms with E-state index in [1.165, 1.54) is 16.7 Å². The van der Waals surface area contributed by atoms with Crippen molar-refractivity contribution in [2.75, 3.05) is 44.4 Å². The number of amides is 2. The van der Waals surface area contributed by atoms with E-state index < -0.39 is 0 Å². The number of thioether (sulfide) groups is 1. The zero-order valence-corrected chi connectivity index (χ0v) is 26.2. The molecule has 7 nitrogen and oxygen atoms in total. The molecule has 1 aliphatic heterocycles. The van der Waals surface area contributed by atoms with Crippen LogP contribution < -0.4 is 10.6 Å². The lowest BCUT2D eigenvalue weighted by Crippen LogP contribution is -2.28. The van der Waals surface area contributed by atoms with E-state index >= 15 is 0 Å². The number of hydrogen-bond acceptors (Lipinski definition) is 8. The third-order valence-electron chi connectivity index (χ3n) is 6.87. The molecule has 2 N–H and O–H groups in total. The van der Waals surface area contributed by atoms with E-state index in [0.29, 0.717) is 23.4 Å². The van der Waals surface area contributed by atoms with Gasteiger partial charge in [0.1, 0.15) is 5.01 Å². The van der Waals surface area contributed by atoms with Crippen LogP contribution in [-0.2, 0) is 11.3 Å². The normalized spacial score (nSPS) is 12.4. The number of likely N-dealkylation sites (N-methyl/N-ethyl adjacent to an activating group) is 1. The molecule has 1 aliphatic rings. The standard InChI is InChI=1S/C32H34N4O3S3/c1-3-36(16-17-39-2)15-6-18-40-24-12-9-22(10-13-24)32-34-21-25(41-32)20-33-30(37)23-11-14-29-27(19-23)35-31(38)26-7-4-5-8-28(26)42-29/h4-5,7-14,19,21H,3,6,15-18,20H2,1-2H3,(H,33,37)(H,35,38). The first-order valence-electron chi connectivity index (χ1n) is 13.9. The van der Waals surface area contributed by atoms with Crippen LogP contribution in [0.25, 0.3) is 10.6 Å². The summed E-state index contributed by atoms with van der Waals surface area (Å²) < 4.78 is 5.19. The van der Waals surface area contributed by atoms with E-state index in [0.717, 1.165) is 63.7 Å². The van der Waals surface area contributed by atoms with E-state index in [2.05, 4.69) is 51.7 Å². The predicted octanol–water partition coefficient (Wildman–Crippen LogP) is 6.91. The van der Waals surface area contributed by atoms with Gasteiger partial charge < -0.3 is 20.3 Å². The summed E-state index contributed by atoms with van der Waals surface area (Å²) in [7, 11) is 1.75. The summed E-state index contributed by atoms with van der Waals surface area (Å²) in [6.45, 7) is 6.46. The van der Waals surface area contributed by atoms with Gasteiger partial charge in [-0.2, -0.15) is 0 Å². The molecule has 0 saturated carbocycles. The van der Waals surface area contributed by atoms with Crippen molar-refractivity contribution < 1.29 is 14.3 Å². The summed E-state index contributed by atoms with van der Waals surface area (Å²) in [6, 6.07) is 21.4. The van der Waals surface area contributed by atoms with Gasteiger partial charge in [0.15, 0.2) is 0 Å². The fourth-order valence-corrected chi connectivity index (χ4v) is 7.23. The van der Waals surface area contributed by atoms with Crippen LogP contribution in [0.5, 0.6) is 0 Å². The Hall–Kier alpha value is -3.15. The number of carbonyl (C=O) groups is 2. The van der Waals surface area contributed by atoms with E-state index in [1.807, 2.05) is 48.3 Å². The number of carbonyl (C=O) groups excluding carboxylic acids is 2. The lowest BCUT2D eigenvalue weighted by molar-refractivity contribution is 0.0949. The number of nitrogens with zero attached hydrogens (tertiary/aromatic N) is 2. The number of rotatable bonds is 13. The third-order valence-corrected chi connectivity index (χ3v) is 10.2. The number of ether oxygens (including phenoxy) is 1. The topological polar surface area (TPSA) is 83.6 Å². The van der Waals surface area contributed by atoms with Gasteiger partial charge in [0.05, 0.1) is 24.4 Å². The highest BCUT2D eigenvalue weighted by atomic mass is 32.2. The van der Waals surface area contributed by atoms with E-state index in [9.17, 15) is 9.59 Å². The molecule has 0 spiro atoms. The molecule has 0 bridgehead atoms. The van der Waals surface area contributed by atoms with Gasteiger partial charge in [-0.15, -0.1) is 23.1 Å². The van der Waals surface area contributed by atoms with Gasteiger partial charge in [0.25, 0.3) is 11.8 Å². The lowest BCUT2D eigenvalue weighted by Gasteiger charge is -2.19. The highest BCUT2D eigenvalue weighted by molar-refractivity contribution is 7.99. The molecule has 10 heteroatoms. The summed E-state index contributed by atoms with van der Waals surface area (Å²) in [5, 5.41) is 6.86. The molecule has 1 aromatic heterocycles. The van der Waals surface area contributed by atoms with Crippen molar-refractivity contribution in [1.29, 1.82) is 0 Å². The maximum atomic E-state index is 13.0. The first kappa shape index (κ1) is 30.3. The second-order valence-corrected chi connectivity index (χ2v) is 13.1. The second-order valence-electron chi connectivity index (χ2n) is 9.73. The van der Waals surface area contributed by atoms with Crippen LogP contribution in [0, 0.1) is 0 Å². The number of anilines is 1. The molecular formula is C32H34N4O3S3. The Kier molecular flexibility index (Phi) is 10.7. The molecule has 218 valence electrons. The number of nitrogens with one attached hydrogen (secondary N) is 2. The first-order valence-corrected chi connectivity index (χ1v) is 16.6. The number of hydrogen-bond donors (Lipinski definition) is 2. The maximum Gasteiger partial charge on any atom is 0.256 e. The van der Waals surface area contributed by atoms with Crippen molar-refractivity contribution >= 4 is 52.4 Å². The number of thiazole rings is 1. The third kappa shape index (κ3) is 7.81. The van der Waals surface area contributed by atoms with Crippen LogP contribution in [0.2, 0.25) is 0 Å². The lowest BCUT2D eigenvalue weighted by atomic mass is 10.1. The fourth-order valence-electron chi connectivity index (χ4n) is 4.52. The first-order chi connectivity index (χ1) is 20.5. The average Bonchev–Trinajstić information content (AvgIpc) is 3.44. The van der Waals surface area contributed by atoms with Crippen molar-refractivity contribution in [2.45, 2.75) is 34.6 Å². The molecule has 0 fully saturated rings. The molecule has 0 unspecified atom stereocenters. The van der Waals surface area contributed by atoms with Gasteiger partial charge in [0.2, 0.25) is 0 Å². The minimum atomic E-state index is -0.198. The van der Waals surface area contributed by atoms with E-state index in [-0.39, 0.29) is 11.8 Å². The SMILES string of the molecule is CCN(CCCSc1ccc(-c2ncc(CNC(=O)c3ccc4c(c3)NC(=O)c3ccccc3S4)s2)cc1)CCOC. The second kappa shape index (κ2) is 14.8. The van der Waals surface area contributed by atoms with Crippen molar-refractivity contribution in [3.8, 4) is 10.6 Å². The predicted molar refractivity (Wildman–Crippen MR) is 173 cm³/mol. The number of benzene rings is 3. The molecule has 4 aromatic rings. The summed E-state index contributed by atoms with van der Waals surface area (Å²) in [5.74, 6) is 0.707. The van der Waals surface area contributed by atoms with Gasteiger partial charge in [0, 0.05) is 50.5 Å². The molecule has 3 aromatic carbocycles. The van der Waals surface area contributed by atoms with Crippen LogP contribution in [0.3, 0.4) is 0 Å². The van der Waals surface area contributed by atoms with Crippen molar-refractivity contribution in [1.82, 2.24) is 15.2 Å². The van der Waals surface area contributed by atoms with Crippen LogP contribution in [-0.4, -0.2) is 60.8 Å². The smallest absolute Gasteiger partial charge is 0.256 e. The zero-order chi connectivity index (χ0) is 29.3. The number of aromatic nitrogens is 1. The Balaban J connectivity index is 1.12. The minimum Gasteiger partial charge on any atom is -0.383 e. The molecule has 0 atom stereocenters. The Bertz CT molecular complexity index is 1520. The Morgan fingerprint density at radius 3 is 2.71 bits per heavy atom. The summed E-state index contributed by atoms with van der Waals surface area (Å²) in [4.78, 5) is 36.7. The zero-order valence-electron chi connectivity index (χ0n) is 23.7. The van der Waals surface area contributed by atoms with E-state index in [4.69, 9.17) is 4.74 Å². The highest BCUT2D eigenvalue weighted by Crippen LogP contribution is 2.39. The summed E-state index contributed by atoms with van der Waals surface area (Å²) >= 11 is 4.97. The highest BCUT2D eigenvalue weighted by Gasteiger charge is 2.21.